The molecule has 3 rings (SSSR count). The lowest BCUT2D eigenvalue weighted by Gasteiger charge is -2.14. The molecule has 8 heteroatoms. The second kappa shape index (κ2) is 8.79. The molecule has 30 heavy (non-hydrogen) atoms. The standard InChI is InChI=1S/C22H17BrN2O4S/c1-25(2)30(27,28)21-13-18(9-12-20(21)23)22(26)29-19-10-7-17(8-11-19)16-5-3-15(14-24)4-6-16/h3-13H,1-2H3. The Kier molecular flexibility index (Phi) is 6.37. The van der Waals surface area contributed by atoms with Crippen molar-refractivity contribution < 1.29 is 17.9 Å². The second-order valence-electron chi connectivity index (χ2n) is 6.54. The van der Waals surface area contributed by atoms with Crippen LogP contribution >= 0.6 is 15.9 Å². The van der Waals surface area contributed by atoms with E-state index in [0.29, 0.717) is 15.8 Å². The zero-order chi connectivity index (χ0) is 21.9. The predicted octanol–water partition coefficient (Wildman–Crippen LogP) is 4.46. The molecule has 0 amide bonds. The number of carbonyl (C=O) groups is 1. The molecule has 0 spiro atoms. The summed E-state index contributed by atoms with van der Waals surface area (Å²) in [5, 5.41) is 8.88. The number of sulfonamides is 1. The van der Waals surface area contributed by atoms with E-state index in [0.717, 1.165) is 15.4 Å². The van der Waals surface area contributed by atoms with Crippen LogP contribution in [0.25, 0.3) is 11.1 Å². The van der Waals surface area contributed by atoms with Crippen molar-refractivity contribution in [1.82, 2.24) is 4.31 Å². The van der Waals surface area contributed by atoms with Crippen molar-refractivity contribution in [3.8, 4) is 22.9 Å². The number of nitrogens with zero attached hydrogens (tertiary/aromatic N) is 2. The molecule has 0 aliphatic carbocycles. The van der Waals surface area contributed by atoms with E-state index >= 15 is 0 Å². The Bertz CT molecular complexity index is 1230. The third kappa shape index (κ3) is 4.60. The van der Waals surface area contributed by atoms with Crippen molar-refractivity contribution in [2.24, 2.45) is 0 Å². The first-order chi connectivity index (χ1) is 14.2. The fourth-order valence-electron chi connectivity index (χ4n) is 2.64. The minimum absolute atomic E-state index is 0.0156. The molecule has 0 radical (unpaired) electrons. The number of rotatable bonds is 5. The molecule has 0 heterocycles. The number of ether oxygens (including phenoxy) is 1. The molecule has 0 bridgehead atoms. The molecule has 3 aromatic carbocycles. The van der Waals surface area contributed by atoms with E-state index in [1.165, 1.54) is 32.3 Å². The van der Waals surface area contributed by atoms with Crippen molar-refractivity contribution >= 4 is 31.9 Å². The summed E-state index contributed by atoms with van der Waals surface area (Å²) in [6, 6.07) is 20.4. The zero-order valence-corrected chi connectivity index (χ0v) is 18.6. The molecule has 0 atom stereocenters. The summed E-state index contributed by atoms with van der Waals surface area (Å²) in [5.41, 5.74) is 2.53. The average Bonchev–Trinajstić information content (AvgIpc) is 2.74. The van der Waals surface area contributed by atoms with Crippen LogP contribution in [0, 0.1) is 11.3 Å². The van der Waals surface area contributed by atoms with Gasteiger partial charge in [0.1, 0.15) is 5.75 Å². The van der Waals surface area contributed by atoms with Crippen molar-refractivity contribution in [2.75, 3.05) is 14.1 Å². The van der Waals surface area contributed by atoms with E-state index in [-0.39, 0.29) is 10.5 Å². The molecule has 0 N–H and O–H groups in total. The topological polar surface area (TPSA) is 87.5 Å². The number of nitriles is 1. The van der Waals surface area contributed by atoms with Crippen LogP contribution in [0.3, 0.4) is 0 Å². The molecule has 0 unspecified atom stereocenters. The van der Waals surface area contributed by atoms with Crippen molar-refractivity contribution in [3.05, 3.63) is 82.3 Å². The number of halogens is 1. The monoisotopic (exact) mass is 484 g/mol. The Morgan fingerprint density at radius 1 is 0.967 bits per heavy atom. The van der Waals surface area contributed by atoms with E-state index in [1.807, 2.05) is 12.1 Å². The van der Waals surface area contributed by atoms with Crippen LogP contribution in [0.5, 0.6) is 5.75 Å². The van der Waals surface area contributed by atoms with Gasteiger partial charge in [0.05, 0.1) is 22.1 Å². The van der Waals surface area contributed by atoms with Crippen LogP contribution in [0.15, 0.2) is 76.1 Å². The average molecular weight is 485 g/mol. The van der Waals surface area contributed by atoms with Crippen molar-refractivity contribution in [3.63, 3.8) is 0 Å². The first-order valence-corrected chi connectivity index (χ1v) is 11.0. The number of hydrogen-bond acceptors (Lipinski definition) is 5. The van der Waals surface area contributed by atoms with Gasteiger partial charge in [0.15, 0.2) is 0 Å². The van der Waals surface area contributed by atoms with Gasteiger partial charge in [-0.25, -0.2) is 17.5 Å². The number of benzene rings is 3. The van der Waals surface area contributed by atoms with E-state index in [2.05, 4.69) is 22.0 Å². The van der Waals surface area contributed by atoms with E-state index in [1.54, 1.807) is 36.4 Å². The molecule has 0 fully saturated rings. The molecule has 3 aromatic rings. The van der Waals surface area contributed by atoms with Gasteiger partial charge in [-0.15, -0.1) is 0 Å². The Hall–Kier alpha value is -2.99. The smallest absolute Gasteiger partial charge is 0.343 e. The summed E-state index contributed by atoms with van der Waals surface area (Å²) in [6.07, 6.45) is 0. The summed E-state index contributed by atoms with van der Waals surface area (Å²) in [6.45, 7) is 0. The highest BCUT2D eigenvalue weighted by atomic mass is 79.9. The number of carbonyl (C=O) groups excluding carboxylic acids is 1. The summed E-state index contributed by atoms with van der Waals surface area (Å²) in [4.78, 5) is 12.5. The fourth-order valence-corrected chi connectivity index (χ4v) is 4.49. The molecule has 6 nitrogen and oxygen atoms in total. The maximum absolute atomic E-state index is 12.5. The molecule has 0 saturated carbocycles. The van der Waals surface area contributed by atoms with Crippen molar-refractivity contribution in [2.45, 2.75) is 4.90 Å². The normalized spacial score (nSPS) is 11.2. The highest BCUT2D eigenvalue weighted by Gasteiger charge is 2.22. The lowest BCUT2D eigenvalue weighted by molar-refractivity contribution is 0.0734. The van der Waals surface area contributed by atoms with Crippen LogP contribution in [0.1, 0.15) is 15.9 Å². The van der Waals surface area contributed by atoms with Gasteiger partial charge in [-0.1, -0.05) is 24.3 Å². The summed E-state index contributed by atoms with van der Waals surface area (Å²) >= 11 is 3.21. The van der Waals surface area contributed by atoms with Crippen LogP contribution in [0.4, 0.5) is 0 Å². The molecular formula is C22H17BrN2O4S. The van der Waals surface area contributed by atoms with Gasteiger partial charge in [0.2, 0.25) is 10.0 Å². The molecule has 0 aliphatic heterocycles. The maximum Gasteiger partial charge on any atom is 0.343 e. The lowest BCUT2D eigenvalue weighted by atomic mass is 10.0. The fraction of sp³-hybridized carbons (Fsp3) is 0.0909. The highest BCUT2D eigenvalue weighted by Crippen LogP contribution is 2.27. The van der Waals surface area contributed by atoms with Crippen LogP contribution < -0.4 is 4.74 Å². The maximum atomic E-state index is 12.5. The summed E-state index contributed by atoms with van der Waals surface area (Å²) in [7, 11) is -0.882. The van der Waals surface area contributed by atoms with Gasteiger partial charge in [-0.3, -0.25) is 0 Å². The molecule has 0 saturated heterocycles. The summed E-state index contributed by atoms with van der Waals surface area (Å²) in [5.74, 6) is -0.332. The Morgan fingerprint density at radius 3 is 2.07 bits per heavy atom. The van der Waals surface area contributed by atoms with E-state index in [9.17, 15) is 13.2 Å². The lowest BCUT2D eigenvalue weighted by Crippen LogP contribution is -2.23. The predicted molar refractivity (Wildman–Crippen MR) is 117 cm³/mol. The SMILES string of the molecule is CN(C)S(=O)(=O)c1cc(C(=O)Oc2ccc(-c3ccc(C#N)cc3)cc2)ccc1Br. The van der Waals surface area contributed by atoms with Crippen LogP contribution in [-0.2, 0) is 10.0 Å². The minimum atomic E-state index is -3.72. The summed E-state index contributed by atoms with van der Waals surface area (Å²) < 4.78 is 31.7. The third-order valence-electron chi connectivity index (χ3n) is 4.34. The third-order valence-corrected chi connectivity index (χ3v) is 7.15. The van der Waals surface area contributed by atoms with Gasteiger partial charge in [-0.2, -0.15) is 5.26 Å². The molecule has 0 aliphatic rings. The van der Waals surface area contributed by atoms with Crippen molar-refractivity contribution in [1.29, 1.82) is 5.26 Å². The minimum Gasteiger partial charge on any atom is -0.423 e. The van der Waals surface area contributed by atoms with Gasteiger partial charge in [0, 0.05) is 18.6 Å². The first kappa shape index (κ1) is 21.7. The molecule has 0 aromatic heterocycles. The Labute approximate surface area is 183 Å². The quantitative estimate of drug-likeness (QED) is 0.394. The van der Waals surface area contributed by atoms with Crippen LogP contribution in [-0.4, -0.2) is 32.8 Å². The largest absolute Gasteiger partial charge is 0.423 e. The Morgan fingerprint density at radius 2 is 1.53 bits per heavy atom. The highest BCUT2D eigenvalue weighted by molar-refractivity contribution is 9.10. The molecule has 152 valence electrons. The Balaban J connectivity index is 1.80. The number of hydrogen-bond donors (Lipinski definition) is 0. The van der Waals surface area contributed by atoms with Gasteiger partial charge < -0.3 is 4.74 Å². The van der Waals surface area contributed by atoms with Gasteiger partial charge >= 0.3 is 5.97 Å². The second-order valence-corrected chi connectivity index (χ2v) is 9.51. The van der Waals surface area contributed by atoms with Gasteiger partial charge in [-0.05, 0) is 69.5 Å². The van der Waals surface area contributed by atoms with Gasteiger partial charge in [0.25, 0.3) is 0 Å². The van der Waals surface area contributed by atoms with E-state index < -0.39 is 16.0 Å². The number of esters is 1. The molecular weight excluding hydrogens is 468 g/mol. The van der Waals surface area contributed by atoms with E-state index in [4.69, 9.17) is 10.00 Å². The zero-order valence-electron chi connectivity index (χ0n) is 16.2. The van der Waals surface area contributed by atoms with Crippen LogP contribution in [0.2, 0.25) is 0 Å². The first-order valence-electron chi connectivity index (χ1n) is 8.77.